The fraction of sp³-hybridized carbons (Fsp3) is 0.118. The number of carbonyl (C=O) groups excluding carboxylic acids is 2. The Morgan fingerprint density at radius 1 is 1.19 bits per heavy atom. The molecular weight excluding hydrogens is 442 g/mol. The summed E-state index contributed by atoms with van der Waals surface area (Å²) in [4.78, 5) is 29.0. The zero-order valence-electron chi connectivity index (χ0n) is 13.3. The van der Waals surface area contributed by atoms with Crippen LogP contribution in [0.2, 0.25) is 5.02 Å². The summed E-state index contributed by atoms with van der Waals surface area (Å²) < 4.78 is 5.56. The van der Waals surface area contributed by atoms with Crippen molar-refractivity contribution in [2.24, 2.45) is 0 Å². The fourth-order valence-corrected chi connectivity index (χ4v) is 3.39. The first kappa shape index (κ1) is 18.6. The van der Waals surface area contributed by atoms with Gasteiger partial charge in [-0.1, -0.05) is 23.7 Å². The molecule has 2 amide bonds. The molecule has 1 aromatic carbocycles. The average Bonchev–Trinajstić information content (AvgIpc) is 3.24. The Hall–Kier alpha value is -2.16. The van der Waals surface area contributed by atoms with Crippen LogP contribution in [0.15, 0.2) is 51.7 Å². The van der Waals surface area contributed by atoms with Gasteiger partial charge in [-0.15, -0.1) is 11.3 Å². The van der Waals surface area contributed by atoms with Gasteiger partial charge in [0.1, 0.15) is 0 Å². The normalized spacial score (nSPS) is 10.5. The molecule has 0 aliphatic carbocycles. The highest BCUT2D eigenvalue weighted by Gasteiger charge is 2.13. The minimum Gasteiger partial charge on any atom is -0.444 e. The number of carbonyl (C=O) groups is 2. The summed E-state index contributed by atoms with van der Waals surface area (Å²) in [5.41, 5.74) is 1.10. The van der Waals surface area contributed by atoms with E-state index in [1.807, 2.05) is 24.3 Å². The van der Waals surface area contributed by atoms with E-state index in [2.05, 4.69) is 31.5 Å². The highest BCUT2D eigenvalue weighted by molar-refractivity contribution is 9.10. The van der Waals surface area contributed by atoms with Crippen LogP contribution in [0, 0.1) is 0 Å². The lowest BCUT2D eigenvalue weighted by atomic mass is 10.1. The standard InChI is InChI=1S/C17H13BrClN3O3S/c18-14-6-5-13(25-14)16(24)20-9-15(23)22-17-21-8-12(26-17)7-10-1-3-11(19)4-2-10/h1-6,8H,7,9H2,(H,20,24)(H,21,22,23). The minimum atomic E-state index is -0.464. The molecule has 2 heterocycles. The summed E-state index contributed by atoms with van der Waals surface area (Å²) in [5.74, 6) is -0.700. The molecule has 6 nitrogen and oxygen atoms in total. The molecule has 0 aliphatic rings. The molecule has 0 saturated carbocycles. The number of nitrogens with zero attached hydrogens (tertiary/aromatic N) is 1. The molecule has 2 N–H and O–H groups in total. The van der Waals surface area contributed by atoms with Crippen LogP contribution in [0.25, 0.3) is 0 Å². The molecule has 2 aromatic heterocycles. The Kier molecular flexibility index (Phi) is 6.08. The van der Waals surface area contributed by atoms with E-state index in [-0.39, 0.29) is 18.2 Å². The number of anilines is 1. The van der Waals surface area contributed by atoms with Gasteiger partial charge in [-0.2, -0.15) is 0 Å². The Morgan fingerprint density at radius 3 is 2.65 bits per heavy atom. The third-order valence-electron chi connectivity index (χ3n) is 3.30. The molecule has 134 valence electrons. The van der Waals surface area contributed by atoms with Gasteiger partial charge in [0.05, 0.1) is 6.54 Å². The van der Waals surface area contributed by atoms with E-state index >= 15 is 0 Å². The number of rotatable bonds is 6. The van der Waals surface area contributed by atoms with E-state index in [0.717, 1.165) is 10.4 Å². The fourth-order valence-electron chi connectivity index (χ4n) is 2.10. The first-order chi connectivity index (χ1) is 12.5. The van der Waals surface area contributed by atoms with Crippen molar-refractivity contribution in [2.75, 3.05) is 11.9 Å². The summed E-state index contributed by atoms with van der Waals surface area (Å²) in [6, 6.07) is 10.7. The second-order valence-corrected chi connectivity index (χ2v) is 7.60. The van der Waals surface area contributed by atoms with Crippen molar-refractivity contribution >= 4 is 55.8 Å². The molecule has 0 atom stereocenters. The molecule has 3 aromatic rings. The van der Waals surface area contributed by atoms with Crippen LogP contribution in [0.3, 0.4) is 0 Å². The van der Waals surface area contributed by atoms with Gasteiger partial charge in [0.2, 0.25) is 5.91 Å². The molecule has 0 spiro atoms. The molecule has 0 radical (unpaired) electrons. The van der Waals surface area contributed by atoms with Crippen LogP contribution in [0.1, 0.15) is 21.0 Å². The van der Waals surface area contributed by atoms with E-state index < -0.39 is 5.91 Å². The van der Waals surface area contributed by atoms with E-state index in [0.29, 0.717) is 21.2 Å². The molecule has 3 rings (SSSR count). The second kappa shape index (κ2) is 8.48. The van der Waals surface area contributed by atoms with Gasteiger partial charge in [0.15, 0.2) is 15.6 Å². The van der Waals surface area contributed by atoms with Crippen LogP contribution in [0.5, 0.6) is 0 Å². The number of benzene rings is 1. The van der Waals surface area contributed by atoms with Crippen LogP contribution in [-0.4, -0.2) is 23.3 Å². The lowest BCUT2D eigenvalue weighted by Gasteiger charge is -2.03. The molecular formula is C17H13BrClN3O3S. The number of furan rings is 1. The maximum Gasteiger partial charge on any atom is 0.287 e. The van der Waals surface area contributed by atoms with Crippen molar-refractivity contribution in [1.82, 2.24) is 10.3 Å². The van der Waals surface area contributed by atoms with Gasteiger partial charge in [0.25, 0.3) is 5.91 Å². The summed E-state index contributed by atoms with van der Waals surface area (Å²) in [6.07, 6.45) is 2.42. The van der Waals surface area contributed by atoms with Gasteiger partial charge in [-0.25, -0.2) is 4.98 Å². The van der Waals surface area contributed by atoms with Crippen molar-refractivity contribution in [1.29, 1.82) is 0 Å². The monoisotopic (exact) mass is 453 g/mol. The number of nitrogens with one attached hydrogen (secondary N) is 2. The Balaban J connectivity index is 1.49. The van der Waals surface area contributed by atoms with Crippen molar-refractivity contribution in [3.05, 3.63) is 68.5 Å². The number of hydrogen-bond acceptors (Lipinski definition) is 5. The van der Waals surface area contributed by atoms with Crippen molar-refractivity contribution < 1.29 is 14.0 Å². The van der Waals surface area contributed by atoms with Gasteiger partial charge < -0.3 is 15.1 Å². The molecule has 0 bridgehead atoms. The Bertz CT molecular complexity index is 923. The van der Waals surface area contributed by atoms with E-state index in [4.69, 9.17) is 16.0 Å². The molecule has 0 saturated heterocycles. The number of amides is 2. The van der Waals surface area contributed by atoms with Gasteiger partial charge in [-0.05, 0) is 45.8 Å². The maximum absolute atomic E-state index is 11.9. The molecule has 0 fully saturated rings. The number of aromatic nitrogens is 1. The quantitative estimate of drug-likeness (QED) is 0.587. The number of halogens is 2. The van der Waals surface area contributed by atoms with Gasteiger partial charge in [0, 0.05) is 22.5 Å². The maximum atomic E-state index is 11.9. The van der Waals surface area contributed by atoms with E-state index in [9.17, 15) is 9.59 Å². The summed E-state index contributed by atoms with van der Waals surface area (Å²) >= 11 is 10.4. The van der Waals surface area contributed by atoms with Crippen LogP contribution >= 0.6 is 38.9 Å². The first-order valence-electron chi connectivity index (χ1n) is 7.52. The largest absolute Gasteiger partial charge is 0.444 e. The van der Waals surface area contributed by atoms with Crippen LogP contribution in [-0.2, 0) is 11.2 Å². The summed E-state index contributed by atoms with van der Waals surface area (Å²) in [5, 5.41) is 6.32. The van der Waals surface area contributed by atoms with Crippen molar-refractivity contribution in [2.45, 2.75) is 6.42 Å². The Morgan fingerprint density at radius 2 is 1.96 bits per heavy atom. The molecule has 0 aliphatic heterocycles. The number of hydrogen-bond donors (Lipinski definition) is 2. The lowest BCUT2D eigenvalue weighted by Crippen LogP contribution is -2.32. The second-order valence-electron chi connectivity index (χ2n) is 5.27. The Labute approximate surface area is 166 Å². The molecule has 9 heteroatoms. The van der Waals surface area contributed by atoms with E-state index in [1.54, 1.807) is 12.3 Å². The third-order valence-corrected chi connectivity index (χ3v) is 4.89. The highest BCUT2D eigenvalue weighted by Crippen LogP contribution is 2.22. The average molecular weight is 455 g/mol. The van der Waals surface area contributed by atoms with Crippen LogP contribution < -0.4 is 10.6 Å². The SMILES string of the molecule is O=C(CNC(=O)c1ccc(Br)o1)Nc1ncc(Cc2ccc(Cl)cc2)s1. The van der Waals surface area contributed by atoms with Gasteiger partial charge in [-0.3, -0.25) is 9.59 Å². The minimum absolute atomic E-state index is 0.129. The molecule has 26 heavy (non-hydrogen) atoms. The molecule has 0 unspecified atom stereocenters. The topological polar surface area (TPSA) is 84.2 Å². The van der Waals surface area contributed by atoms with E-state index in [1.165, 1.54) is 17.4 Å². The smallest absolute Gasteiger partial charge is 0.287 e. The van der Waals surface area contributed by atoms with Crippen molar-refractivity contribution in [3.63, 3.8) is 0 Å². The number of thiazole rings is 1. The van der Waals surface area contributed by atoms with Crippen LogP contribution in [0.4, 0.5) is 5.13 Å². The zero-order valence-corrected chi connectivity index (χ0v) is 16.5. The summed E-state index contributed by atoms with van der Waals surface area (Å²) in [7, 11) is 0. The highest BCUT2D eigenvalue weighted by atomic mass is 79.9. The lowest BCUT2D eigenvalue weighted by molar-refractivity contribution is -0.115. The first-order valence-corrected chi connectivity index (χ1v) is 9.51. The zero-order chi connectivity index (χ0) is 18.5. The van der Waals surface area contributed by atoms with Crippen molar-refractivity contribution in [3.8, 4) is 0 Å². The third kappa shape index (κ3) is 5.17. The summed E-state index contributed by atoms with van der Waals surface area (Å²) in [6.45, 7) is -0.177. The van der Waals surface area contributed by atoms with Gasteiger partial charge >= 0.3 is 0 Å². The predicted octanol–water partition coefficient (Wildman–Crippen LogP) is 4.11. The predicted molar refractivity (Wildman–Crippen MR) is 104 cm³/mol.